The standard InChI is InChI=1S/C34H48N2O3/c1-8-9-16-36-29(39)34-14-12-30(3,4)19-24(34)27-25(37)17-26-31(5)18-22(20-35)28(38)21(2)23(31)10-11-32(26,6)33(27,7)13-15-34/h17-18,21,23-24,27H,8-16,19H2,1-7H3,(H,36,39). The maximum atomic E-state index is 14.5. The number of fused-ring (bicyclic) bond motifs is 7. The van der Waals surface area contributed by atoms with E-state index in [1.807, 2.05) is 19.1 Å². The fraction of sp³-hybridized carbons (Fsp3) is 0.765. The van der Waals surface area contributed by atoms with Crippen molar-refractivity contribution in [2.45, 2.75) is 106 Å². The third kappa shape index (κ3) is 3.79. The summed E-state index contributed by atoms with van der Waals surface area (Å²) < 4.78 is 0. The number of rotatable bonds is 4. The van der Waals surface area contributed by atoms with E-state index < -0.39 is 10.8 Å². The SMILES string of the molecule is CCCCNC(=O)C12CCC(C)(C)CC1C1C(=O)C=C3C4(C)C=C(C#N)C(=O)C(C)C4CCC3(C)C1(C)CC2. The zero-order chi connectivity index (χ0) is 28.6. The molecule has 0 saturated heterocycles. The van der Waals surface area contributed by atoms with Crippen molar-refractivity contribution >= 4 is 17.5 Å². The molecule has 8 atom stereocenters. The Kier molecular flexibility index (Phi) is 6.64. The van der Waals surface area contributed by atoms with Crippen LogP contribution in [0.25, 0.3) is 0 Å². The molecule has 1 N–H and O–H groups in total. The number of carbonyl (C=O) groups excluding carboxylic acids is 3. The van der Waals surface area contributed by atoms with Gasteiger partial charge in [0.1, 0.15) is 6.07 Å². The second-order valence-corrected chi connectivity index (χ2v) is 15.2. The molecule has 0 spiro atoms. The molecule has 5 heteroatoms. The molecule has 0 radical (unpaired) electrons. The van der Waals surface area contributed by atoms with Crippen LogP contribution >= 0.6 is 0 Å². The Balaban J connectivity index is 1.63. The number of allylic oxidation sites excluding steroid dienone is 4. The zero-order valence-corrected chi connectivity index (χ0v) is 25.2. The predicted octanol–water partition coefficient (Wildman–Crippen LogP) is 6.73. The second kappa shape index (κ2) is 9.15. The molecular formula is C34H48N2O3. The van der Waals surface area contributed by atoms with Crippen LogP contribution < -0.4 is 5.32 Å². The van der Waals surface area contributed by atoms with Crippen molar-refractivity contribution in [3.05, 3.63) is 23.3 Å². The molecule has 8 unspecified atom stereocenters. The van der Waals surface area contributed by atoms with E-state index in [9.17, 15) is 19.6 Å². The number of amides is 1. The van der Waals surface area contributed by atoms with E-state index in [4.69, 9.17) is 0 Å². The van der Waals surface area contributed by atoms with Gasteiger partial charge in [0.2, 0.25) is 5.91 Å². The summed E-state index contributed by atoms with van der Waals surface area (Å²) in [4.78, 5) is 41.4. The largest absolute Gasteiger partial charge is 0.356 e. The highest BCUT2D eigenvalue weighted by molar-refractivity contribution is 6.02. The number of ketones is 2. The smallest absolute Gasteiger partial charge is 0.226 e. The van der Waals surface area contributed by atoms with Crippen LogP contribution in [0, 0.1) is 62.1 Å². The highest BCUT2D eigenvalue weighted by atomic mass is 16.2. The molecule has 0 aliphatic heterocycles. The van der Waals surface area contributed by atoms with Gasteiger partial charge in [-0.15, -0.1) is 0 Å². The minimum atomic E-state index is -0.493. The van der Waals surface area contributed by atoms with Crippen molar-refractivity contribution < 1.29 is 14.4 Å². The summed E-state index contributed by atoms with van der Waals surface area (Å²) in [7, 11) is 0. The summed E-state index contributed by atoms with van der Waals surface area (Å²) in [5, 5.41) is 13.1. The molecule has 212 valence electrons. The average molecular weight is 533 g/mol. The minimum absolute atomic E-state index is 0.0198. The molecule has 5 rings (SSSR count). The van der Waals surface area contributed by atoms with E-state index in [-0.39, 0.29) is 63.0 Å². The fourth-order valence-corrected chi connectivity index (χ4v) is 10.2. The molecule has 39 heavy (non-hydrogen) atoms. The van der Waals surface area contributed by atoms with Gasteiger partial charge in [-0.1, -0.05) is 66.5 Å². The number of unbranched alkanes of at least 4 members (excludes halogenated alkanes) is 1. The van der Waals surface area contributed by atoms with Crippen LogP contribution in [0.1, 0.15) is 106 Å². The van der Waals surface area contributed by atoms with Crippen LogP contribution in [-0.4, -0.2) is 24.0 Å². The van der Waals surface area contributed by atoms with Crippen LogP contribution in [0.2, 0.25) is 0 Å². The van der Waals surface area contributed by atoms with E-state index in [1.54, 1.807) is 0 Å². The van der Waals surface area contributed by atoms with Gasteiger partial charge in [0.25, 0.3) is 0 Å². The Morgan fingerprint density at radius 3 is 2.41 bits per heavy atom. The van der Waals surface area contributed by atoms with E-state index in [0.717, 1.165) is 63.4 Å². The summed E-state index contributed by atoms with van der Waals surface area (Å²) in [6, 6.07) is 2.17. The van der Waals surface area contributed by atoms with E-state index in [2.05, 4.69) is 52.9 Å². The monoisotopic (exact) mass is 532 g/mol. The molecule has 5 aliphatic rings. The van der Waals surface area contributed by atoms with E-state index in [1.165, 1.54) is 0 Å². The van der Waals surface area contributed by atoms with Crippen molar-refractivity contribution in [3.8, 4) is 6.07 Å². The Morgan fingerprint density at radius 1 is 1.05 bits per heavy atom. The number of Topliss-reactive ketones (excluding diaryl/α,β-unsaturated/α-hetero) is 1. The highest BCUT2D eigenvalue weighted by Crippen LogP contribution is 2.73. The van der Waals surface area contributed by atoms with Crippen molar-refractivity contribution in [2.75, 3.05) is 6.54 Å². The quantitative estimate of drug-likeness (QED) is 0.407. The van der Waals surface area contributed by atoms with Crippen LogP contribution in [-0.2, 0) is 14.4 Å². The van der Waals surface area contributed by atoms with Crippen LogP contribution in [0.4, 0.5) is 0 Å². The normalized spacial score (nSPS) is 44.5. The maximum absolute atomic E-state index is 14.5. The minimum Gasteiger partial charge on any atom is -0.356 e. The van der Waals surface area contributed by atoms with Crippen molar-refractivity contribution in [2.24, 2.45) is 50.7 Å². The number of carbonyl (C=O) groups is 3. The summed E-state index contributed by atoms with van der Waals surface area (Å²) in [5.41, 5.74) is -0.0321. The number of hydrogen-bond acceptors (Lipinski definition) is 4. The summed E-state index contributed by atoms with van der Waals surface area (Å²) in [6.45, 7) is 16.3. The maximum Gasteiger partial charge on any atom is 0.226 e. The zero-order valence-electron chi connectivity index (χ0n) is 25.2. The average Bonchev–Trinajstić information content (AvgIpc) is 2.87. The predicted molar refractivity (Wildman–Crippen MR) is 152 cm³/mol. The van der Waals surface area contributed by atoms with Crippen LogP contribution in [0.15, 0.2) is 23.3 Å². The number of nitriles is 1. The summed E-state index contributed by atoms with van der Waals surface area (Å²) in [5.74, 6) is -0.0401. The number of hydrogen-bond donors (Lipinski definition) is 1. The molecule has 0 aromatic heterocycles. The first-order chi connectivity index (χ1) is 18.2. The number of nitrogens with one attached hydrogen (secondary N) is 1. The molecule has 0 heterocycles. The first-order valence-electron chi connectivity index (χ1n) is 15.4. The molecule has 0 bridgehead atoms. The lowest BCUT2D eigenvalue weighted by Gasteiger charge is -2.68. The van der Waals surface area contributed by atoms with Crippen LogP contribution in [0.5, 0.6) is 0 Å². The molecule has 0 aromatic rings. The molecule has 5 aliphatic carbocycles. The Bertz CT molecular complexity index is 1210. The number of nitrogens with zero attached hydrogens (tertiary/aromatic N) is 1. The van der Waals surface area contributed by atoms with E-state index >= 15 is 0 Å². The third-order valence-corrected chi connectivity index (χ3v) is 12.8. The van der Waals surface area contributed by atoms with Gasteiger partial charge in [-0.2, -0.15) is 5.26 Å². The fourth-order valence-electron chi connectivity index (χ4n) is 10.2. The highest BCUT2D eigenvalue weighted by Gasteiger charge is 2.70. The second-order valence-electron chi connectivity index (χ2n) is 15.2. The first-order valence-corrected chi connectivity index (χ1v) is 15.4. The lowest BCUT2D eigenvalue weighted by molar-refractivity contribution is -0.177. The molecule has 3 fully saturated rings. The van der Waals surface area contributed by atoms with Crippen molar-refractivity contribution in [1.29, 1.82) is 5.26 Å². The van der Waals surface area contributed by atoms with Gasteiger partial charge in [-0.25, -0.2) is 0 Å². The third-order valence-electron chi connectivity index (χ3n) is 12.8. The van der Waals surface area contributed by atoms with Gasteiger partial charge >= 0.3 is 0 Å². The van der Waals surface area contributed by atoms with Crippen molar-refractivity contribution in [1.82, 2.24) is 5.32 Å². The summed E-state index contributed by atoms with van der Waals surface area (Å²) >= 11 is 0. The van der Waals surface area contributed by atoms with Gasteiger partial charge in [0, 0.05) is 23.8 Å². The Labute approximate surface area is 235 Å². The molecule has 3 saturated carbocycles. The summed E-state index contributed by atoms with van der Waals surface area (Å²) in [6.07, 6.45) is 12.1. The van der Waals surface area contributed by atoms with Crippen LogP contribution in [0.3, 0.4) is 0 Å². The molecule has 0 aromatic carbocycles. The topological polar surface area (TPSA) is 87.0 Å². The molecular weight excluding hydrogens is 484 g/mol. The van der Waals surface area contributed by atoms with Gasteiger partial charge < -0.3 is 5.32 Å². The first kappa shape index (κ1) is 28.3. The van der Waals surface area contributed by atoms with E-state index in [0.29, 0.717) is 6.54 Å². The van der Waals surface area contributed by atoms with Crippen molar-refractivity contribution in [3.63, 3.8) is 0 Å². The van der Waals surface area contributed by atoms with Gasteiger partial charge in [0.05, 0.1) is 11.0 Å². The van der Waals surface area contributed by atoms with Gasteiger partial charge in [-0.05, 0) is 85.5 Å². The Hall–Kier alpha value is -2.22. The van der Waals surface area contributed by atoms with Gasteiger partial charge in [0.15, 0.2) is 11.6 Å². The lowest BCUT2D eigenvalue weighted by atomic mass is 9.34. The Morgan fingerprint density at radius 2 is 1.74 bits per heavy atom. The van der Waals surface area contributed by atoms with Gasteiger partial charge in [-0.3, -0.25) is 14.4 Å². The molecule has 1 amide bonds. The molecule has 5 nitrogen and oxygen atoms in total. The lowest BCUT2D eigenvalue weighted by Crippen LogP contribution is -2.66.